The van der Waals surface area contributed by atoms with Crippen LogP contribution in [0, 0.1) is 0 Å². The zero-order chi connectivity index (χ0) is 21.1. The molecule has 2 amide bonds. The van der Waals surface area contributed by atoms with E-state index in [0.29, 0.717) is 43.6 Å². The van der Waals surface area contributed by atoms with Gasteiger partial charge in [-0.1, -0.05) is 4.49 Å². The van der Waals surface area contributed by atoms with Crippen LogP contribution in [0.2, 0.25) is 0 Å². The largest absolute Gasteiger partial charge is 0.356 e. The number of fused-ring (bicyclic) bond motifs is 1. The Morgan fingerprint density at radius 3 is 2.87 bits per heavy atom. The van der Waals surface area contributed by atoms with E-state index in [-0.39, 0.29) is 37.3 Å². The van der Waals surface area contributed by atoms with Crippen LogP contribution < -0.4 is 0 Å². The SMILES string of the molecule is O=C(c1csnn1)N1CCCC(=O)N2[C@@H](CC[C@H]2C2=CC(F)=CC(F)=CC2)OCC1. The number of ether oxygens (including phenoxy) is 1. The van der Waals surface area contributed by atoms with E-state index in [9.17, 15) is 18.4 Å². The van der Waals surface area contributed by atoms with Gasteiger partial charge in [0.2, 0.25) is 5.91 Å². The van der Waals surface area contributed by atoms with E-state index in [1.54, 1.807) is 15.2 Å². The number of nitrogens with zero attached hydrogens (tertiary/aromatic N) is 4. The Kier molecular flexibility index (Phi) is 6.33. The van der Waals surface area contributed by atoms with Crippen molar-refractivity contribution in [3.63, 3.8) is 0 Å². The second kappa shape index (κ2) is 9.13. The molecule has 1 aromatic rings. The molecule has 0 unspecified atom stereocenters. The van der Waals surface area contributed by atoms with Crippen molar-refractivity contribution in [2.45, 2.75) is 44.4 Å². The summed E-state index contributed by atoms with van der Waals surface area (Å²) in [4.78, 5) is 28.9. The number of hydrogen-bond donors (Lipinski definition) is 0. The molecule has 30 heavy (non-hydrogen) atoms. The molecule has 160 valence electrons. The quantitative estimate of drug-likeness (QED) is 0.712. The zero-order valence-corrected chi connectivity index (χ0v) is 17.1. The minimum Gasteiger partial charge on any atom is -0.356 e. The highest BCUT2D eigenvalue weighted by atomic mass is 32.1. The second-order valence-electron chi connectivity index (χ2n) is 7.45. The molecule has 2 fully saturated rings. The monoisotopic (exact) mass is 436 g/mol. The first-order valence-corrected chi connectivity index (χ1v) is 10.8. The number of carbonyl (C=O) groups excluding carboxylic acids is 2. The summed E-state index contributed by atoms with van der Waals surface area (Å²) in [6.07, 6.45) is 5.28. The van der Waals surface area contributed by atoms with E-state index in [2.05, 4.69) is 9.59 Å². The van der Waals surface area contributed by atoms with E-state index in [1.165, 1.54) is 12.2 Å². The van der Waals surface area contributed by atoms with Gasteiger partial charge in [0.05, 0.1) is 12.6 Å². The standard InChI is InChI=1S/C20H22F2N4O3S/c21-14-4-3-13(10-15(22)11-14)17-5-6-19-26(17)18(27)2-1-7-25(8-9-29-19)20(28)16-12-30-24-23-16/h4,10-12,17,19H,1-3,5-9H2/t17-,19+/m0/s1. The molecule has 3 heterocycles. The summed E-state index contributed by atoms with van der Waals surface area (Å²) in [6.45, 7) is 1.06. The van der Waals surface area contributed by atoms with Crippen LogP contribution in [0.5, 0.6) is 0 Å². The van der Waals surface area contributed by atoms with E-state index in [1.807, 2.05) is 0 Å². The van der Waals surface area contributed by atoms with Crippen molar-refractivity contribution >= 4 is 23.3 Å². The van der Waals surface area contributed by atoms with Crippen molar-refractivity contribution in [1.29, 1.82) is 0 Å². The molecule has 0 N–H and O–H groups in total. The Morgan fingerprint density at radius 1 is 1.20 bits per heavy atom. The van der Waals surface area contributed by atoms with Gasteiger partial charge in [-0.05, 0) is 54.9 Å². The van der Waals surface area contributed by atoms with Crippen LogP contribution in [-0.4, -0.2) is 63.2 Å². The van der Waals surface area contributed by atoms with Gasteiger partial charge in [0.1, 0.15) is 17.9 Å². The third-order valence-corrected chi connectivity index (χ3v) is 6.04. The number of halogens is 2. The highest BCUT2D eigenvalue weighted by Crippen LogP contribution is 2.34. The molecule has 3 aliphatic rings. The van der Waals surface area contributed by atoms with Crippen LogP contribution in [0.3, 0.4) is 0 Å². The van der Waals surface area contributed by atoms with Crippen LogP contribution >= 0.6 is 11.5 Å². The average Bonchev–Trinajstić information content (AvgIpc) is 3.36. The van der Waals surface area contributed by atoms with Crippen molar-refractivity contribution < 1.29 is 23.1 Å². The molecule has 10 heteroatoms. The summed E-state index contributed by atoms with van der Waals surface area (Å²) >= 11 is 1.11. The zero-order valence-electron chi connectivity index (χ0n) is 16.3. The number of allylic oxidation sites excluding steroid dienone is 5. The van der Waals surface area contributed by atoms with Gasteiger partial charge in [-0.15, -0.1) is 5.10 Å². The Balaban J connectivity index is 1.47. The van der Waals surface area contributed by atoms with Crippen molar-refractivity contribution in [1.82, 2.24) is 19.4 Å². The predicted octanol–water partition coefficient (Wildman–Crippen LogP) is 3.14. The maximum atomic E-state index is 13.9. The fourth-order valence-corrected chi connectivity index (χ4v) is 4.57. The third-order valence-electron chi connectivity index (χ3n) is 5.54. The van der Waals surface area contributed by atoms with E-state index in [0.717, 1.165) is 17.6 Å². The van der Waals surface area contributed by atoms with Gasteiger partial charge in [-0.3, -0.25) is 9.59 Å². The first-order valence-electron chi connectivity index (χ1n) is 9.95. The molecule has 2 saturated heterocycles. The molecule has 0 spiro atoms. The minimum absolute atomic E-state index is 0.105. The Hall–Kier alpha value is -2.46. The first-order chi connectivity index (χ1) is 14.5. The molecular formula is C20H22F2N4O3S. The lowest BCUT2D eigenvalue weighted by molar-refractivity contribution is -0.145. The van der Waals surface area contributed by atoms with Crippen molar-refractivity contribution in [2.24, 2.45) is 0 Å². The van der Waals surface area contributed by atoms with Crippen molar-refractivity contribution in [3.8, 4) is 0 Å². The molecule has 0 bridgehead atoms. The minimum atomic E-state index is -0.653. The summed E-state index contributed by atoms with van der Waals surface area (Å²) in [5, 5.41) is 5.42. The molecule has 0 aromatic carbocycles. The van der Waals surface area contributed by atoms with Crippen LogP contribution in [0.25, 0.3) is 0 Å². The van der Waals surface area contributed by atoms with Crippen LogP contribution in [0.15, 0.2) is 40.8 Å². The van der Waals surface area contributed by atoms with Gasteiger partial charge >= 0.3 is 0 Å². The van der Waals surface area contributed by atoms with Crippen LogP contribution in [0.4, 0.5) is 8.78 Å². The number of carbonyl (C=O) groups is 2. The van der Waals surface area contributed by atoms with E-state index < -0.39 is 17.9 Å². The topological polar surface area (TPSA) is 75.6 Å². The van der Waals surface area contributed by atoms with E-state index >= 15 is 0 Å². The third kappa shape index (κ3) is 4.49. The maximum Gasteiger partial charge on any atom is 0.275 e. The molecule has 2 aliphatic heterocycles. The number of amides is 2. The molecule has 0 saturated carbocycles. The number of rotatable bonds is 2. The summed E-state index contributed by atoms with van der Waals surface area (Å²) in [7, 11) is 0. The van der Waals surface area contributed by atoms with Crippen molar-refractivity contribution in [3.05, 3.63) is 46.5 Å². The molecule has 0 radical (unpaired) electrons. The number of hydrogen-bond acceptors (Lipinski definition) is 6. The second-order valence-corrected chi connectivity index (χ2v) is 8.06. The fraction of sp³-hybridized carbons (Fsp3) is 0.500. The van der Waals surface area contributed by atoms with Crippen LogP contribution in [-0.2, 0) is 9.53 Å². The molecule has 4 rings (SSSR count). The Labute approximate surface area is 176 Å². The average molecular weight is 436 g/mol. The lowest BCUT2D eigenvalue weighted by atomic mass is 10.0. The van der Waals surface area contributed by atoms with Gasteiger partial charge in [0.15, 0.2) is 5.69 Å². The molecular weight excluding hydrogens is 414 g/mol. The lowest BCUT2D eigenvalue weighted by Crippen LogP contribution is -2.46. The molecule has 1 aliphatic carbocycles. The van der Waals surface area contributed by atoms with Gasteiger partial charge in [0.25, 0.3) is 5.91 Å². The predicted molar refractivity (Wildman–Crippen MR) is 106 cm³/mol. The highest BCUT2D eigenvalue weighted by Gasteiger charge is 2.39. The maximum absolute atomic E-state index is 13.9. The highest BCUT2D eigenvalue weighted by molar-refractivity contribution is 7.03. The fourth-order valence-electron chi connectivity index (χ4n) is 4.14. The molecule has 2 atom stereocenters. The molecule has 1 aromatic heterocycles. The smallest absolute Gasteiger partial charge is 0.275 e. The summed E-state index contributed by atoms with van der Waals surface area (Å²) in [5.41, 5.74) is 0.961. The molecule has 7 nitrogen and oxygen atoms in total. The first kappa shape index (κ1) is 20.8. The number of aromatic nitrogens is 2. The van der Waals surface area contributed by atoms with Gasteiger partial charge in [0, 0.05) is 31.0 Å². The normalized spacial score (nSPS) is 25.8. The summed E-state index contributed by atoms with van der Waals surface area (Å²) in [5.74, 6) is -1.59. The van der Waals surface area contributed by atoms with Crippen molar-refractivity contribution in [2.75, 3.05) is 19.7 Å². The Morgan fingerprint density at radius 2 is 2.07 bits per heavy atom. The van der Waals surface area contributed by atoms with Gasteiger partial charge in [-0.2, -0.15) is 0 Å². The van der Waals surface area contributed by atoms with E-state index in [4.69, 9.17) is 4.74 Å². The lowest BCUT2D eigenvalue weighted by Gasteiger charge is -2.33. The van der Waals surface area contributed by atoms with Crippen LogP contribution in [0.1, 0.15) is 42.6 Å². The Bertz CT molecular complexity index is 900. The summed E-state index contributed by atoms with van der Waals surface area (Å²) < 4.78 is 37.2. The van der Waals surface area contributed by atoms with Gasteiger partial charge in [-0.25, -0.2) is 8.78 Å². The summed E-state index contributed by atoms with van der Waals surface area (Å²) in [6, 6.07) is -0.318. The van der Waals surface area contributed by atoms with Gasteiger partial charge < -0.3 is 14.5 Å².